The summed E-state index contributed by atoms with van der Waals surface area (Å²) in [6.07, 6.45) is 2.74. The molecule has 1 atom stereocenters. The Hall–Kier alpha value is -0.640. The molecule has 2 rings (SSSR count). The minimum Gasteiger partial charge on any atom is -0.493 e. The van der Waals surface area contributed by atoms with E-state index in [4.69, 9.17) is 26.8 Å². The van der Waals surface area contributed by atoms with Gasteiger partial charge in [-0.3, -0.25) is 0 Å². The van der Waals surface area contributed by atoms with E-state index in [1.54, 1.807) is 14.2 Å². The molecule has 0 fully saturated rings. The van der Waals surface area contributed by atoms with Crippen molar-refractivity contribution in [2.45, 2.75) is 25.3 Å². The standard InChI is InChI=1S/C12H16ClNO2.ClH/c1-15-10-6-7-5-8(14)3-4-9(7)11(13)12(10)16-2;/h6,8H,3-5,14H2,1-2H3;1H. The lowest BCUT2D eigenvalue weighted by atomic mass is 9.88. The fourth-order valence-corrected chi connectivity index (χ4v) is 2.59. The minimum absolute atomic E-state index is 0. The van der Waals surface area contributed by atoms with Gasteiger partial charge in [0.25, 0.3) is 0 Å². The minimum atomic E-state index is 0. The number of methoxy groups -OCH3 is 2. The number of rotatable bonds is 2. The van der Waals surface area contributed by atoms with Gasteiger partial charge in [-0.1, -0.05) is 11.6 Å². The summed E-state index contributed by atoms with van der Waals surface area (Å²) in [6, 6.07) is 2.21. The quantitative estimate of drug-likeness (QED) is 0.904. The normalized spacial score (nSPS) is 18.0. The first-order valence-corrected chi connectivity index (χ1v) is 5.73. The summed E-state index contributed by atoms with van der Waals surface area (Å²) < 4.78 is 10.5. The molecule has 0 bridgehead atoms. The highest BCUT2D eigenvalue weighted by molar-refractivity contribution is 6.33. The van der Waals surface area contributed by atoms with Gasteiger partial charge in [0.15, 0.2) is 11.5 Å². The van der Waals surface area contributed by atoms with Gasteiger partial charge in [-0.25, -0.2) is 0 Å². The third-order valence-corrected chi connectivity index (χ3v) is 3.45. The molecule has 1 aliphatic rings. The highest BCUT2D eigenvalue weighted by atomic mass is 35.5. The summed E-state index contributed by atoms with van der Waals surface area (Å²) in [5, 5.41) is 0.670. The molecule has 0 aliphatic heterocycles. The van der Waals surface area contributed by atoms with Gasteiger partial charge in [-0.15, -0.1) is 12.4 Å². The number of benzene rings is 1. The second-order valence-electron chi connectivity index (χ2n) is 4.07. The van der Waals surface area contributed by atoms with E-state index in [1.165, 1.54) is 5.56 Å². The second kappa shape index (κ2) is 5.80. The van der Waals surface area contributed by atoms with Crippen LogP contribution in [0.4, 0.5) is 0 Å². The van der Waals surface area contributed by atoms with Crippen molar-refractivity contribution in [2.24, 2.45) is 5.73 Å². The zero-order chi connectivity index (χ0) is 11.7. The maximum absolute atomic E-state index is 6.31. The summed E-state index contributed by atoms with van der Waals surface area (Å²) >= 11 is 6.31. The zero-order valence-corrected chi connectivity index (χ0v) is 11.5. The number of ether oxygens (including phenoxy) is 2. The first-order chi connectivity index (χ1) is 7.67. The van der Waals surface area contributed by atoms with Crippen LogP contribution in [-0.2, 0) is 12.8 Å². The maximum atomic E-state index is 6.31. The third-order valence-electron chi connectivity index (χ3n) is 3.05. The molecule has 96 valence electrons. The molecular weight excluding hydrogens is 261 g/mol. The maximum Gasteiger partial charge on any atom is 0.179 e. The number of nitrogens with two attached hydrogens (primary N) is 1. The number of halogens is 2. The van der Waals surface area contributed by atoms with Crippen LogP contribution in [0.2, 0.25) is 5.02 Å². The number of fused-ring (bicyclic) bond motifs is 1. The van der Waals surface area contributed by atoms with Gasteiger partial charge in [-0.05, 0) is 36.5 Å². The zero-order valence-electron chi connectivity index (χ0n) is 9.96. The van der Waals surface area contributed by atoms with E-state index in [2.05, 4.69) is 0 Å². The molecule has 1 unspecified atom stereocenters. The molecule has 17 heavy (non-hydrogen) atoms. The van der Waals surface area contributed by atoms with Crippen LogP contribution in [0, 0.1) is 0 Å². The van der Waals surface area contributed by atoms with Gasteiger partial charge in [-0.2, -0.15) is 0 Å². The van der Waals surface area contributed by atoms with E-state index in [-0.39, 0.29) is 18.4 Å². The van der Waals surface area contributed by atoms with E-state index in [9.17, 15) is 0 Å². The van der Waals surface area contributed by atoms with Crippen molar-refractivity contribution in [2.75, 3.05) is 14.2 Å². The van der Waals surface area contributed by atoms with E-state index in [0.29, 0.717) is 16.5 Å². The Bertz CT molecular complexity index is 410. The molecule has 0 spiro atoms. The smallest absolute Gasteiger partial charge is 0.179 e. The number of hydrogen-bond donors (Lipinski definition) is 1. The molecule has 0 saturated carbocycles. The molecule has 1 aliphatic carbocycles. The van der Waals surface area contributed by atoms with Crippen molar-refractivity contribution < 1.29 is 9.47 Å². The SMILES string of the molecule is COc1cc2c(c(Cl)c1OC)CCC(N)C2.Cl. The molecule has 2 N–H and O–H groups in total. The van der Waals surface area contributed by atoms with Crippen molar-refractivity contribution in [3.05, 3.63) is 22.2 Å². The highest BCUT2D eigenvalue weighted by Gasteiger charge is 2.23. The number of hydrogen-bond acceptors (Lipinski definition) is 3. The summed E-state index contributed by atoms with van der Waals surface area (Å²) in [4.78, 5) is 0. The molecule has 0 radical (unpaired) electrons. The van der Waals surface area contributed by atoms with Gasteiger partial charge < -0.3 is 15.2 Å². The second-order valence-corrected chi connectivity index (χ2v) is 4.44. The van der Waals surface area contributed by atoms with Gasteiger partial charge >= 0.3 is 0 Å². The van der Waals surface area contributed by atoms with Crippen LogP contribution >= 0.6 is 24.0 Å². The predicted molar refractivity (Wildman–Crippen MR) is 71.8 cm³/mol. The van der Waals surface area contributed by atoms with E-state index < -0.39 is 0 Å². The molecule has 1 aromatic rings. The van der Waals surface area contributed by atoms with Crippen LogP contribution in [0.1, 0.15) is 17.5 Å². The molecule has 0 aromatic heterocycles. The fraction of sp³-hybridized carbons (Fsp3) is 0.500. The van der Waals surface area contributed by atoms with E-state index >= 15 is 0 Å². The van der Waals surface area contributed by atoms with Crippen LogP contribution < -0.4 is 15.2 Å². The lowest BCUT2D eigenvalue weighted by Crippen LogP contribution is -2.28. The van der Waals surface area contributed by atoms with Crippen LogP contribution in [0.5, 0.6) is 11.5 Å². The molecule has 1 aromatic carbocycles. The Labute approximate surface area is 113 Å². The average Bonchev–Trinajstić information content (AvgIpc) is 2.28. The highest BCUT2D eigenvalue weighted by Crippen LogP contribution is 2.41. The first-order valence-electron chi connectivity index (χ1n) is 5.35. The van der Waals surface area contributed by atoms with Gasteiger partial charge in [0.05, 0.1) is 19.2 Å². The Morgan fingerprint density at radius 3 is 2.65 bits per heavy atom. The molecule has 0 amide bonds. The van der Waals surface area contributed by atoms with E-state index in [1.807, 2.05) is 6.07 Å². The van der Waals surface area contributed by atoms with E-state index in [0.717, 1.165) is 24.8 Å². The molecule has 3 nitrogen and oxygen atoms in total. The van der Waals surface area contributed by atoms with Gasteiger partial charge in [0.1, 0.15) is 0 Å². The summed E-state index contributed by atoms with van der Waals surface area (Å²) in [5.41, 5.74) is 8.28. The Morgan fingerprint density at radius 1 is 1.35 bits per heavy atom. The van der Waals surface area contributed by atoms with Gasteiger partial charge in [0, 0.05) is 6.04 Å². The van der Waals surface area contributed by atoms with Gasteiger partial charge in [0.2, 0.25) is 0 Å². The monoisotopic (exact) mass is 277 g/mol. The topological polar surface area (TPSA) is 44.5 Å². The predicted octanol–water partition coefficient (Wildman–Crippen LogP) is 2.60. The van der Waals surface area contributed by atoms with Crippen molar-refractivity contribution in [1.29, 1.82) is 0 Å². The Kier molecular flexibility index (Phi) is 4.92. The van der Waals surface area contributed by atoms with Crippen LogP contribution in [0.25, 0.3) is 0 Å². The van der Waals surface area contributed by atoms with Crippen molar-refractivity contribution in [3.8, 4) is 11.5 Å². The summed E-state index contributed by atoms with van der Waals surface area (Å²) in [5.74, 6) is 1.30. The molecule has 5 heteroatoms. The molecular formula is C12H17Cl2NO2. The van der Waals surface area contributed by atoms with Crippen LogP contribution in [0.3, 0.4) is 0 Å². The molecule has 0 heterocycles. The summed E-state index contributed by atoms with van der Waals surface area (Å²) in [7, 11) is 3.22. The van der Waals surface area contributed by atoms with Crippen molar-refractivity contribution in [1.82, 2.24) is 0 Å². The fourth-order valence-electron chi connectivity index (χ4n) is 2.21. The first kappa shape index (κ1) is 14.4. The van der Waals surface area contributed by atoms with Crippen molar-refractivity contribution in [3.63, 3.8) is 0 Å². The average molecular weight is 278 g/mol. The van der Waals surface area contributed by atoms with Crippen LogP contribution in [0.15, 0.2) is 6.07 Å². The van der Waals surface area contributed by atoms with Crippen molar-refractivity contribution >= 4 is 24.0 Å². The lowest BCUT2D eigenvalue weighted by molar-refractivity contribution is 0.353. The lowest BCUT2D eigenvalue weighted by Gasteiger charge is -2.24. The largest absolute Gasteiger partial charge is 0.493 e. The third kappa shape index (κ3) is 2.62. The molecule has 0 saturated heterocycles. The Balaban J connectivity index is 0.00000144. The summed E-state index contributed by atoms with van der Waals surface area (Å²) in [6.45, 7) is 0. The Morgan fingerprint density at radius 2 is 2.06 bits per heavy atom. The van der Waals surface area contributed by atoms with Crippen LogP contribution in [-0.4, -0.2) is 20.3 Å².